The van der Waals surface area contributed by atoms with Gasteiger partial charge in [-0.25, -0.2) is 4.39 Å². The summed E-state index contributed by atoms with van der Waals surface area (Å²) in [4.78, 5) is 13.8. The maximum atomic E-state index is 13.4. The zero-order chi connectivity index (χ0) is 15.0. The van der Waals surface area contributed by atoms with Crippen molar-refractivity contribution in [2.24, 2.45) is 5.92 Å². The molecule has 3 rings (SSSR count). The van der Waals surface area contributed by atoms with Gasteiger partial charge in [-0.15, -0.1) is 0 Å². The van der Waals surface area contributed by atoms with E-state index in [0.29, 0.717) is 18.3 Å². The summed E-state index contributed by atoms with van der Waals surface area (Å²) >= 11 is 0. The van der Waals surface area contributed by atoms with Crippen LogP contribution in [0.4, 0.5) is 10.1 Å². The third kappa shape index (κ3) is 3.02. The molecule has 0 spiro atoms. The fraction of sp³-hybridized carbons (Fsp3) is 0.562. The average molecular weight is 292 g/mol. The molecule has 21 heavy (non-hydrogen) atoms. The summed E-state index contributed by atoms with van der Waals surface area (Å²) in [7, 11) is 1.82. The molecule has 1 aromatic carbocycles. The third-order valence-corrected chi connectivity index (χ3v) is 4.43. The second-order valence-electron chi connectivity index (χ2n) is 6.31. The Morgan fingerprint density at radius 2 is 2.14 bits per heavy atom. The number of anilines is 1. The van der Waals surface area contributed by atoms with Crippen molar-refractivity contribution in [2.45, 2.75) is 37.3 Å². The summed E-state index contributed by atoms with van der Waals surface area (Å²) in [6.07, 6.45) is 3.99. The molecule has 0 heterocycles. The first-order valence-corrected chi connectivity index (χ1v) is 7.49. The Bertz CT molecular complexity index is 543. The molecule has 2 N–H and O–H groups in total. The van der Waals surface area contributed by atoms with Crippen LogP contribution in [0.15, 0.2) is 24.3 Å². The average Bonchev–Trinajstić information content (AvgIpc) is 3.30. The van der Waals surface area contributed by atoms with Crippen molar-refractivity contribution in [1.82, 2.24) is 5.32 Å². The van der Waals surface area contributed by atoms with Crippen molar-refractivity contribution in [1.29, 1.82) is 0 Å². The summed E-state index contributed by atoms with van der Waals surface area (Å²) in [6.45, 7) is 0.354. The van der Waals surface area contributed by atoms with Gasteiger partial charge in [0, 0.05) is 25.3 Å². The predicted molar refractivity (Wildman–Crippen MR) is 78.9 cm³/mol. The first-order valence-electron chi connectivity index (χ1n) is 7.49. The lowest BCUT2D eigenvalue weighted by Gasteiger charge is -2.36. The van der Waals surface area contributed by atoms with E-state index in [1.807, 2.05) is 11.9 Å². The van der Waals surface area contributed by atoms with E-state index >= 15 is 0 Å². The van der Waals surface area contributed by atoms with Crippen LogP contribution < -0.4 is 10.2 Å². The Morgan fingerprint density at radius 3 is 2.67 bits per heavy atom. The van der Waals surface area contributed by atoms with Crippen molar-refractivity contribution < 1.29 is 14.3 Å². The van der Waals surface area contributed by atoms with E-state index in [2.05, 4.69) is 5.32 Å². The minimum absolute atomic E-state index is 0.173. The van der Waals surface area contributed by atoms with Gasteiger partial charge in [0.05, 0.1) is 0 Å². The van der Waals surface area contributed by atoms with E-state index in [1.54, 1.807) is 12.1 Å². The van der Waals surface area contributed by atoms with Crippen LogP contribution in [0.3, 0.4) is 0 Å². The molecule has 0 aliphatic heterocycles. The standard InChI is InChI=1S/C16H21FN2O2/c1-19(14-4-2-3-12(17)9-14)10-16(15(20)21,11-5-6-11)18-13-7-8-13/h2-4,9,11,13,18H,5-8,10H2,1H3,(H,20,21). The molecule has 0 bridgehead atoms. The molecule has 2 fully saturated rings. The molecule has 0 aromatic heterocycles. The molecule has 2 saturated carbocycles. The van der Waals surface area contributed by atoms with Crippen molar-refractivity contribution in [2.75, 3.05) is 18.5 Å². The van der Waals surface area contributed by atoms with Crippen LogP contribution in [0.5, 0.6) is 0 Å². The molecule has 1 atom stereocenters. The summed E-state index contributed by atoms with van der Waals surface area (Å²) in [6, 6.07) is 6.61. The number of nitrogens with one attached hydrogen (secondary N) is 1. The van der Waals surface area contributed by atoms with E-state index < -0.39 is 11.5 Å². The highest BCUT2D eigenvalue weighted by Crippen LogP contribution is 2.42. The minimum Gasteiger partial charge on any atom is -0.480 e. The zero-order valence-corrected chi connectivity index (χ0v) is 12.2. The van der Waals surface area contributed by atoms with E-state index in [0.717, 1.165) is 25.7 Å². The van der Waals surface area contributed by atoms with Crippen LogP contribution in [0.1, 0.15) is 25.7 Å². The van der Waals surface area contributed by atoms with Gasteiger partial charge in [0.2, 0.25) is 0 Å². The first-order chi connectivity index (χ1) is 10.0. The monoisotopic (exact) mass is 292 g/mol. The minimum atomic E-state index is -0.914. The fourth-order valence-electron chi connectivity index (χ4n) is 2.94. The van der Waals surface area contributed by atoms with Gasteiger partial charge in [0.25, 0.3) is 0 Å². The normalized spacial score (nSPS) is 20.9. The van der Waals surface area contributed by atoms with E-state index in [4.69, 9.17) is 0 Å². The smallest absolute Gasteiger partial charge is 0.326 e. The van der Waals surface area contributed by atoms with E-state index in [1.165, 1.54) is 12.1 Å². The number of carboxylic acids is 1. The van der Waals surface area contributed by atoms with Gasteiger partial charge in [-0.3, -0.25) is 10.1 Å². The Hall–Kier alpha value is -1.62. The second-order valence-corrected chi connectivity index (χ2v) is 6.31. The molecule has 2 aliphatic rings. The molecule has 114 valence electrons. The van der Waals surface area contributed by atoms with Crippen LogP contribution in [0, 0.1) is 11.7 Å². The zero-order valence-electron chi connectivity index (χ0n) is 12.2. The number of halogens is 1. The summed E-state index contributed by atoms with van der Waals surface area (Å²) in [5.41, 5.74) is -0.207. The number of hydrogen-bond acceptors (Lipinski definition) is 3. The molecule has 2 aliphatic carbocycles. The lowest BCUT2D eigenvalue weighted by molar-refractivity contribution is -0.145. The maximum absolute atomic E-state index is 13.4. The van der Waals surface area contributed by atoms with Crippen molar-refractivity contribution in [3.05, 3.63) is 30.1 Å². The summed E-state index contributed by atoms with van der Waals surface area (Å²) in [5, 5.41) is 13.1. The molecule has 1 unspecified atom stereocenters. The van der Waals surface area contributed by atoms with Crippen LogP contribution in [0.25, 0.3) is 0 Å². The number of rotatable bonds is 7. The number of carboxylic acid groups (broad SMARTS) is 1. The topological polar surface area (TPSA) is 52.6 Å². The molecular formula is C16H21FN2O2. The number of carbonyl (C=O) groups is 1. The third-order valence-electron chi connectivity index (χ3n) is 4.43. The lowest BCUT2D eigenvalue weighted by Crippen LogP contribution is -2.61. The Labute approximate surface area is 124 Å². The lowest BCUT2D eigenvalue weighted by atomic mass is 9.92. The maximum Gasteiger partial charge on any atom is 0.326 e. The number of aliphatic carboxylic acids is 1. The molecule has 4 nitrogen and oxygen atoms in total. The van der Waals surface area contributed by atoms with Gasteiger partial charge in [-0.05, 0) is 49.8 Å². The van der Waals surface area contributed by atoms with Crippen LogP contribution in [-0.2, 0) is 4.79 Å². The summed E-state index contributed by atoms with van der Waals surface area (Å²) < 4.78 is 13.4. The quantitative estimate of drug-likeness (QED) is 0.809. The van der Waals surface area contributed by atoms with Crippen molar-refractivity contribution >= 4 is 11.7 Å². The van der Waals surface area contributed by atoms with Gasteiger partial charge in [0.15, 0.2) is 0 Å². The van der Waals surface area contributed by atoms with Crippen molar-refractivity contribution in [3.63, 3.8) is 0 Å². The van der Waals surface area contributed by atoms with Gasteiger partial charge < -0.3 is 10.0 Å². The Morgan fingerprint density at radius 1 is 1.43 bits per heavy atom. The van der Waals surface area contributed by atoms with E-state index in [-0.39, 0.29) is 11.7 Å². The molecular weight excluding hydrogens is 271 g/mol. The van der Waals surface area contributed by atoms with Crippen molar-refractivity contribution in [3.8, 4) is 0 Å². The fourth-order valence-corrected chi connectivity index (χ4v) is 2.94. The Balaban J connectivity index is 1.81. The van der Waals surface area contributed by atoms with Gasteiger partial charge >= 0.3 is 5.97 Å². The van der Waals surface area contributed by atoms with Gasteiger partial charge in [0.1, 0.15) is 11.4 Å². The predicted octanol–water partition coefficient (Wildman–Crippen LogP) is 2.25. The summed E-state index contributed by atoms with van der Waals surface area (Å²) in [5.74, 6) is -0.923. The van der Waals surface area contributed by atoms with Crippen LogP contribution >= 0.6 is 0 Å². The second kappa shape index (κ2) is 5.30. The SMILES string of the molecule is CN(CC(NC1CC1)(C(=O)O)C1CC1)c1cccc(F)c1. The highest BCUT2D eigenvalue weighted by atomic mass is 19.1. The Kier molecular flexibility index (Phi) is 3.61. The highest BCUT2D eigenvalue weighted by molar-refractivity contribution is 5.81. The van der Waals surface area contributed by atoms with E-state index in [9.17, 15) is 14.3 Å². The molecule has 0 radical (unpaired) electrons. The number of nitrogens with zero attached hydrogens (tertiary/aromatic N) is 1. The molecule has 1 aromatic rings. The largest absolute Gasteiger partial charge is 0.480 e. The van der Waals surface area contributed by atoms with Gasteiger partial charge in [-0.2, -0.15) is 0 Å². The van der Waals surface area contributed by atoms with Crippen LogP contribution in [-0.4, -0.2) is 36.2 Å². The number of benzene rings is 1. The highest BCUT2D eigenvalue weighted by Gasteiger charge is 2.53. The molecule has 0 saturated heterocycles. The first kappa shape index (κ1) is 14.3. The van der Waals surface area contributed by atoms with Crippen LogP contribution in [0.2, 0.25) is 0 Å². The van der Waals surface area contributed by atoms with Gasteiger partial charge in [-0.1, -0.05) is 6.07 Å². The number of likely N-dealkylation sites (N-methyl/N-ethyl adjacent to an activating group) is 1. The number of hydrogen-bond donors (Lipinski definition) is 2. The molecule has 0 amide bonds. The molecule has 5 heteroatoms.